The zero-order chi connectivity index (χ0) is 0. The Morgan fingerprint density at radius 1 is 0.600 bits per heavy atom. The van der Waals surface area contributed by atoms with Gasteiger partial charge in [-0.25, -0.2) is 0 Å². The number of hydrogen-bond acceptors (Lipinski definition) is 0. The first kappa shape index (κ1) is 56.1. The molecule has 0 aliphatic carbocycles. The van der Waals surface area contributed by atoms with Gasteiger partial charge in [0.2, 0.25) is 0 Å². The fourth-order valence-corrected chi connectivity index (χ4v) is 0. The zero-order valence-electron chi connectivity index (χ0n) is 2.43. The summed E-state index contributed by atoms with van der Waals surface area (Å²) in [7, 11) is 0. The van der Waals surface area contributed by atoms with Crippen molar-refractivity contribution in [3.05, 3.63) is 0 Å². The summed E-state index contributed by atoms with van der Waals surface area (Å²) in [5, 5.41) is 0. The van der Waals surface area contributed by atoms with Gasteiger partial charge in [0.25, 0.3) is 0 Å². The van der Waals surface area contributed by atoms with Gasteiger partial charge < -0.3 is 16.4 Å². The summed E-state index contributed by atoms with van der Waals surface area (Å²) in [6.45, 7) is 0. The van der Waals surface area contributed by atoms with Crippen LogP contribution in [0.1, 0.15) is 0 Å². The molecular weight excluding hydrogens is 227 g/mol. The van der Waals surface area contributed by atoms with Crippen molar-refractivity contribution in [3.8, 4) is 0 Å². The van der Waals surface area contributed by atoms with Gasteiger partial charge >= 0.3 is 71.7 Å². The van der Waals surface area contributed by atoms with Crippen LogP contribution in [0.15, 0.2) is 0 Å². The molecule has 0 saturated heterocycles. The molecular formula is O3SrZr. The van der Waals surface area contributed by atoms with E-state index in [1.165, 1.54) is 0 Å². The van der Waals surface area contributed by atoms with Crippen LogP contribution < -0.4 is 0 Å². The molecule has 0 aromatic carbocycles. The fraction of sp³-hybridized carbons (Fsp3) is 0. The van der Waals surface area contributed by atoms with Gasteiger partial charge in [0.05, 0.1) is 0 Å². The topological polar surface area (TPSA) is 85.5 Å². The second-order valence-electron chi connectivity index (χ2n) is 0. The van der Waals surface area contributed by atoms with Crippen LogP contribution in [0.2, 0.25) is 0 Å². The van der Waals surface area contributed by atoms with E-state index in [9.17, 15) is 0 Å². The van der Waals surface area contributed by atoms with Crippen molar-refractivity contribution in [3.63, 3.8) is 0 Å². The molecule has 0 aliphatic rings. The molecule has 0 unspecified atom stereocenters. The van der Waals surface area contributed by atoms with E-state index in [1.54, 1.807) is 0 Å². The molecule has 0 saturated carbocycles. The Bertz CT molecular complexity index is 6.85. The van der Waals surface area contributed by atoms with Crippen LogP contribution in [0.3, 0.4) is 0 Å². The minimum Gasteiger partial charge on any atom is -2.00 e. The first-order valence-electron chi connectivity index (χ1n) is 0. The molecule has 0 aliphatic heterocycles. The van der Waals surface area contributed by atoms with Crippen molar-refractivity contribution in [2.45, 2.75) is 0 Å². The predicted octanol–water partition coefficient (Wildman–Crippen LogP) is -0.740. The van der Waals surface area contributed by atoms with Gasteiger partial charge in [-0.05, 0) is 0 Å². The third kappa shape index (κ3) is 22.3. The molecule has 0 fully saturated rings. The molecule has 0 atom stereocenters. The predicted molar refractivity (Wildman–Crippen MR) is 7.81 cm³/mol. The van der Waals surface area contributed by atoms with E-state index in [-0.39, 0.29) is 88.1 Å². The maximum Gasteiger partial charge on any atom is 4.00 e. The summed E-state index contributed by atoms with van der Waals surface area (Å²) in [5.74, 6) is 0. The maximum absolute atomic E-state index is 0. The SMILES string of the molecule is [O-2].[O-2].[O-2].[Sr+2].[Zr+4]. The van der Waals surface area contributed by atoms with Crippen molar-refractivity contribution >= 4 is 45.5 Å². The largest absolute Gasteiger partial charge is 4.00 e. The van der Waals surface area contributed by atoms with E-state index in [4.69, 9.17) is 0 Å². The van der Waals surface area contributed by atoms with Gasteiger partial charge in [0.15, 0.2) is 0 Å². The minimum absolute atomic E-state index is 0. The van der Waals surface area contributed by atoms with E-state index in [0.717, 1.165) is 0 Å². The molecule has 0 amide bonds. The van der Waals surface area contributed by atoms with Gasteiger partial charge in [-0.15, -0.1) is 0 Å². The van der Waals surface area contributed by atoms with Crippen molar-refractivity contribution in [1.29, 1.82) is 0 Å². The fourth-order valence-electron chi connectivity index (χ4n) is 0. The second kappa shape index (κ2) is 34.1. The van der Waals surface area contributed by atoms with Gasteiger partial charge in [0.1, 0.15) is 0 Å². The molecule has 0 heterocycles. The monoisotopic (exact) mass is 226 g/mol. The van der Waals surface area contributed by atoms with Crippen molar-refractivity contribution in [2.75, 3.05) is 0 Å². The van der Waals surface area contributed by atoms with Crippen LogP contribution in [-0.4, -0.2) is 45.5 Å². The van der Waals surface area contributed by atoms with Gasteiger partial charge in [-0.1, -0.05) is 0 Å². The Hall–Kier alpha value is 2.24. The first-order chi connectivity index (χ1) is 0. The van der Waals surface area contributed by atoms with Crippen molar-refractivity contribution in [2.24, 2.45) is 0 Å². The summed E-state index contributed by atoms with van der Waals surface area (Å²) < 4.78 is 0. The van der Waals surface area contributed by atoms with Crippen molar-refractivity contribution in [1.82, 2.24) is 0 Å². The standard InChI is InChI=1S/3O.Sr.Zr/q3*-2;+2;+4. The Labute approximate surface area is 86.4 Å². The van der Waals surface area contributed by atoms with Crippen LogP contribution in [0.4, 0.5) is 0 Å². The maximum atomic E-state index is 0. The van der Waals surface area contributed by atoms with E-state index in [0.29, 0.717) is 0 Å². The van der Waals surface area contributed by atoms with Crippen molar-refractivity contribution < 1.29 is 42.6 Å². The van der Waals surface area contributed by atoms with Gasteiger partial charge in [-0.3, -0.25) is 0 Å². The molecule has 0 spiro atoms. The number of rotatable bonds is 0. The third-order valence-corrected chi connectivity index (χ3v) is 0. The molecule has 5 heteroatoms. The van der Waals surface area contributed by atoms with Crippen LogP contribution in [0.5, 0.6) is 0 Å². The third-order valence-electron chi connectivity index (χ3n) is 0. The first-order valence-corrected chi connectivity index (χ1v) is 0. The Morgan fingerprint density at radius 3 is 0.600 bits per heavy atom. The molecule has 24 valence electrons. The smallest absolute Gasteiger partial charge is 2.00 e. The second-order valence-corrected chi connectivity index (χ2v) is 0. The summed E-state index contributed by atoms with van der Waals surface area (Å²) in [6.07, 6.45) is 0. The molecule has 5 heavy (non-hydrogen) atoms. The Morgan fingerprint density at radius 2 is 0.600 bits per heavy atom. The van der Waals surface area contributed by atoms with E-state index < -0.39 is 0 Å². The summed E-state index contributed by atoms with van der Waals surface area (Å²) >= 11 is 0. The summed E-state index contributed by atoms with van der Waals surface area (Å²) in [5.41, 5.74) is 0. The average molecular weight is 227 g/mol. The normalized spacial score (nSPS) is 0. The zero-order valence-corrected chi connectivity index (χ0v) is 8.37. The molecule has 0 radical (unpaired) electrons. The molecule has 0 N–H and O–H groups in total. The minimum atomic E-state index is 0. The van der Waals surface area contributed by atoms with E-state index >= 15 is 0 Å². The Kier molecular flexibility index (Phi) is 383. The average Bonchev–Trinajstić information content (AvgIpc) is 0. The van der Waals surface area contributed by atoms with Gasteiger partial charge in [-0.2, -0.15) is 0 Å². The van der Waals surface area contributed by atoms with Crippen LogP contribution in [0.25, 0.3) is 0 Å². The molecule has 3 nitrogen and oxygen atoms in total. The molecule has 0 aromatic heterocycles. The summed E-state index contributed by atoms with van der Waals surface area (Å²) in [4.78, 5) is 0. The van der Waals surface area contributed by atoms with Crippen LogP contribution >= 0.6 is 0 Å². The van der Waals surface area contributed by atoms with E-state index in [2.05, 4.69) is 0 Å². The quantitative estimate of drug-likeness (QED) is 0.488. The molecule has 0 bridgehead atoms. The van der Waals surface area contributed by atoms with E-state index in [1.807, 2.05) is 0 Å². The molecule has 0 rings (SSSR count). The molecule has 0 aromatic rings. The number of hydrogen-bond donors (Lipinski definition) is 0. The Balaban J connectivity index is 0. The van der Waals surface area contributed by atoms with Gasteiger partial charge in [0, 0.05) is 0 Å². The summed E-state index contributed by atoms with van der Waals surface area (Å²) in [6, 6.07) is 0. The van der Waals surface area contributed by atoms with Crippen LogP contribution in [0, 0.1) is 0 Å². The van der Waals surface area contributed by atoms with Crippen LogP contribution in [-0.2, 0) is 42.6 Å².